The van der Waals surface area contributed by atoms with Crippen molar-refractivity contribution < 1.29 is 255 Å². The fourth-order valence-electron chi connectivity index (χ4n) is 7.59. The van der Waals surface area contributed by atoms with Gasteiger partial charge in [-0.2, -0.15) is 0 Å². The van der Waals surface area contributed by atoms with Crippen molar-refractivity contribution in [2.24, 2.45) is 0 Å². The number of hydrogen-bond acceptors (Lipinski definition) is 20. The van der Waals surface area contributed by atoms with Crippen LogP contribution in [0.5, 0.6) is 51.7 Å². The zero-order chi connectivity index (χ0) is 49.0. The molecule has 0 saturated carbocycles. The molecular formula is C50H41O20Rb3. The molecule has 0 unspecified atom stereocenters. The predicted molar refractivity (Wildman–Crippen MR) is 249 cm³/mol. The van der Waals surface area contributed by atoms with Gasteiger partial charge in [0.2, 0.25) is 5.75 Å². The summed E-state index contributed by atoms with van der Waals surface area (Å²) in [6, 6.07) is 9.83. The van der Waals surface area contributed by atoms with Crippen LogP contribution in [0.1, 0.15) is 49.4 Å². The second-order valence-corrected chi connectivity index (χ2v) is 14.8. The molecule has 7 heterocycles. The molecule has 0 amide bonds. The number of phenols is 4. The Morgan fingerprint density at radius 1 is 0.466 bits per heavy atom. The molecular weight excluding hydrogens is 1180 g/mol. The molecule has 0 aliphatic rings. The van der Waals surface area contributed by atoms with Crippen LogP contribution in [0.25, 0.3) is 76.8 Å². The van der Waals surface area contributed by atoms with Crippen molar-refractivity contribution in [2.75, 3.05) is 14.2 Å². The number of aryl methyl sites for hydroxylation is 3. The number of phenolic OH excluding ortho intramolecular Hbond substituents is 4. The molecule has 4 N–H and O–H groups in total. The van der Waals surface area contributed by atoms with Gasteiger partial charge in [-0.05, 0) is 69.2 Å². The number of carbonyl (C=O) groups is 1. The van der Waals surface area contributed by atoms with Gasteiger partial charge in [0, 0.05) is 18.2 Å². The van der Waals surface area contributed by atoms with Crippen molar-refractivity contribution in [2.45, 2.75) is 42.5 Å². The van der Waals surface area contributed by atoms with Gasteiger partial charge in [0.25, 0.3) is 0 Å². The molecule has 0 atom stereocenters. The minimum absolute atomic E-state index is 0. The van der Waals surface area contributed by atoms with Crippen molar-refractivity contribution in [1.82, 2.24) is 0 Å². The van der Waals surface area contributed by atoms with Crippen molar-refractivity contribution in [3.05, 3.63) is 121 Å². The second kappa shape index (κ2) is 25.7. The monoisotopic (exact) mass is 1220 g/mol. The van der Waals surface area contributed by atoms with Crippen LogP contribution in [0.2, 0.25) is 0 Å². The van der Waals surface area contributed by atoms with Gasteiger partial charge in [-0.1, -0.05) is 14.9 Å². The van der Waals surface area contributed by atoms with Crippen LogP contribution in [0.3, 0.4) is 0 Å². The number of ketones is 1. The molecule has 0 fully saturated rings. The van der Waals surface area contributed by atoms with E-state index in [0.717, 1.165) is 0 Å². The van der Waals surface area contributed by atoms with Gasteiger partial charge in [-0.15, -0.1) is 0 Å². The summed E-state index contributed by atoms with van der Waals surface area (Å²) in [5, 5.41) is 76.6. The summed E-state index contributed by atoms with van der Waals surface area (Å²) in [6.45, 7) is 6.01. The third-order valence-corrected chi connectivity index (χ3v) is 10.5. The molecule has 0 radical (unpaired) electrons. The van der Waals surface area contributed by atoms with Crippen molar-refractivity contribution >= 4 is 82.6 Å². The first-order valence-electron chi connectivity index (χ1n) is 19.8. The Morgan fingerprint density at radius 3 is 1.26 bits per heavy atom. The number of furan rings is 4. The van der Waals surface area contributed by atoms with Gasteiger partial charge < -0.3 is 76.1 Å². The number of ether oxygens (including phenoxy) is 2. The van der Waals surface area contributed by atoms with E-state index in [1.807, 2.05) is 0 Å². The van der Waals surface area contributed by atoms with E-state index >= 15 is 0 Å². The summed E-state index contributed by atoms with van der Waals surface area (Å²) in [6.07, 6.45) is 5.28. The molecule has 0 bridgehead atoms. The standard InChI is InChI=1S/C13H10O5.2C12H8O5.C11H10O5.2CH4.3Rb/c1-6-5-8(14)9-11(16-2)7-3-4-17-12(7)10(15)13(9)18-6;2*1-5-4-7(13)8-9(14)6-2-3-16-11(6)10(15)12(8)17-5;1-5(12)7-8(13)9(14)11-6(3-4-16-11)10(7)15-2;;;;;/h3-5,15H,1-2H3;2*2-4,14-15H,1H3;3-4,13-14H,1-2H3;2*1H4;;;/q;;;;;;3*+1/p-3. The number of benzene rings is 4. The summed E-state index contributed by atoms with van der Waals surface area (Å²) < 4.78 is 46.1. The third kappa shape index (κ3) is 11.6. The maximum Gasteiger partial charge on any atom is 1.00 e. The van der Waals surface area contributed by atoms with Crippen molar-refractivity contribution in [3.63, 3.8) is 0 Å². The Kier molecular flexibility index (Phi) is 22.2. The van der Waals surface area contributed by atoms with Crippen LogP contribution in [-0.4, -0.2) is 40.4 Å². The summed E-state index contributed by atoms with van der Waals surface area (Å²) in [5.74, 6) is -2.04. The van der Waals surface area contributed by atoms with Gasteiger partial charge in [-0.3, -0.25) is 19.2 Å². The Hall–Kier alpha value is -4.04. The summed E-state index contributed by atoms with van der Waals surface area (Å²) in [4.78, 5) is 46.9. The minimum Gasteiger partial charge on any atom is -0.867 e. The Balaban J connectivity index is 0.000000251. The molecule has 0 aliphatic heterocycles. The molecule has 0 saturated heterocycles. The van der Waals surface area contributed by atoms with Crippen molar-refractivity contribution in [1.29, 1.82) is 0 Å². The van der Waals surface area contributed by atoms with Crippen molar-refractivity contribution in [3.8, 4) is 51.7 Å². The van der Waals surface area contributed by atoms with E-state index in [-0.39, 0.29) is 289 Å². The van der Waals surface area contributed by atoms with Crippen LogP contribution in [-0.2, 0) is 0 Å². The second-order valence-electron chi connectivity index (χ2n) is 14.8. The molecule has 0 spiro atoms. The first-order chi connectivity index (χ1) is 32.4. The molecule has 0 aliphatic carbocycles. The SMILES string of the molecule is C.C.COc1c(C(C)=O)c(O)c([O-])c2occc12.COc1c2ccoc2c([O-])c2oc(C)cc(=O)c12.Cc1cc(=O)c2c(O)c3ccoc3c(O)c2o1.Cc1cc(=O)c2c(O)c3ccoc3c([O-])c2o1.[Rb+].[Rb+].[Rb+]. The van der Waals surface area contributed by atoms with Gasteiger partial charge in [0.15, 0.2) is 33.2 Å². The number of carbonyl (C=O) groups excluding carboxylic acids is 1. The van der Waals surface area contributed by atoms with E-state index in [1.165, 1.54) is 82.6 Å². The van der Waals surface area contributed by atoms with E-state index < -0.39 is 39.6 Å². The minimum atomic E-state index is -0.703. The van der Waals surface area contributed by atoms with Gasteiger partial charge >= 0.3 is 175 Å². The molecule has 11 rings (SSSR count). The van der Waals surface area contributed by atoms with E-state index in [9.17, 15) is 54.9 Å². The third-order valence-electron chi connectivity index (χ3n) is 10.5. The maximum atomic E-state index is 12.1. The largest absolute Gasteiger partial charge is 1.00 e. The Labute approximate surface area is 558 Å². The first-order valence-corrected chi connectivity index (χ1v) is 19.8. The summed E-state index contributed by atoms with van der Waals surface area (Å²) in [7, 11) is 2.79. The van der Waals surface area contributed by atoms with E-state index in [2.05, 4.69) is 0 Å². The first kappa shape index (κ1) is 63.2. The summed E-state index contributed by atoms with van der Waals surface area (Å²) >= 11 is 0. The number of methoxy groups -OCH3 is 2. The van der Waals surface area contributed by atoms with E-state index in [1.54, 1.807) is 26.8 Å². The Morgan fingerprint density at radius 2 is 0.808 bits per heavy atom. The van der Waals surface area contributed by atoms with Crippen LogP contribution in [0, 0.1) is 20.8 Å². The molecule has 364 valence electrons. The van der Waals surface area contributed by atoms with Gasteiger partial charge in [-0.25, -0.2) is 0 Å². The summed E-state index contributed by atoms with van der Waals surface area (Å²) in [5.41, 5.74) is -1.31. The number of rotatable bonds is 3. The molecule has 7 aromatic heterocycles. The number of Topliss-reactive ketones (excluding diaryl/α,β-unsaturated/α-hetero) is 1. The number of fused-ring (bicyclic) bond motifs is 7. The average molecular weight is 1220 g/mol. The zero-order valence-electron chi connectivity index (χ0n) is 39.2. The normalized spacial score (nSPS) is 10.4. The predicted octanol–water partition coefficient (Wildman–Crippen LogP) is -0.477. The van der Waals surface area contributed by atoms with Crippen LogP contribution >= 0.6 is 0 Å². The maximum absolute atomic E-state index is 12.1. The van der Waals surface area contributed by atoms with E-state index in [0.29, 0.717) is 33.8 Å². The molecule has 20 nitrogen and oxygen atoms in total. The van der Waals surface area contributed by atoms with Crippen LogP contribution in [0.15, 0.2) is 113 Å². The van der Waals surface area contributed by atoms with Gasteiger partial charge in [0.1, 0.15) is 95.7 Å². The molecule has 73 heavy (non-hydrogen) atoms. The molecule has 23 heteroatoms. The number of hydrogen-bond donors (Lipinski definition) is 4. The Bertz CT molecular complexity index is 3880. The fourth-order valence-corrected chi connectivity index (χ4v) is 7.59. The topological polar surface area (TPSA) is 329 Å². The number of aromatic hydroxyl groups is 4. The quantitative estimate of drug-likeness (QED) is 0.128. The fraction of sp³-hybridized carbons (Fsp3) is 0.160. The van der Waals surface area contributed by atoms with Crippen LogP contribution in [0.4, 0.5) is 0 Å². The van der Waals surface area contributed by atoms with Crippen LogP contribution < -0.4 is 216 Å². The molecule has 4 aromatic carbocycles. The molecule has 11 aromatic rings. The van der Waals surface area contributed by atoms with E-state index in [4.69, 9.17) is 40.4 Å². The van der Waals surface area contributed by atoms with Gasteiger partial charge in [0.05, 0.1) is 60.8 Å². The zero-order valence-corrected chi connectivity index (χ0v) is 53.9. The smallest absolute Gasteiger partial charge is 0.867 e. The average Bonchev–Trinajstić information content (AvgIpc) is 4.14.